The van der Waals surface area contributed by atoms with Gasteiger partial charge in [-0.3, -0.25) is 9.89 Å². The first-order chi connectivity index (χ1) is 6.18. The number of hydrogen-bond donors (Lipinski definition) is 1. The number of benzene rings is 1. The quantitative estimate of drug-likeness (QED) is 0.774. The molecule has 0 saturated carbocycles. The molecule has 0 radical (unpaired) electrons. The van der Waals surface area contributed by atoms with Crippen LogP contribution in [0.25, 0.3) is 11.0 Å². The molecule has 5 heteroatoms. The number of carbonyl (C=O) groups is 1. The minimum atomic E-state index is 0.0252. The number of halogens is 1. The van der Waals surface area contributed by atoms with E-state index in [1.807, 2.05) is 0 Å². The third kappa shape index (κ3) is 1.35. The summed E-state index contributed by atoms with van der Waals surface area (Å²) >= 11 is 3.32. The smallest absolute Gasteiger partial charge is 0.159 e. The first-order valence-electron chi connectivity index (χ1n) is 3.70. The zero-order valence-corrected chi connectivity index (χ0v) is 8.42. The van der Waals surface area contributed by atoms with Gasteiger partial charge in [0.05, 0.1) is 5.52 Å². The molecule has 0 aliphatic carbocycles. The van der Waals surface area contributed by atoms with Crippen molar-refractivity contribution < 1.29 is 4.79 Å². The fourth-order valence-electron chi connectivity index (χ4n) is 1.12. The second-order valence-corrected chi connectivity index (χ2v) is 3.58. The lowest BCUT2D eigenvalue weighted by molar-refractivity contribution is 0.101. The summed E-state index contributed by atoms with van der Waals surface area (Å²) < 4.78 is 0.781. The van der Waals surface area contributed by atoms with E-state index in [4.69, 9.17) is 0 Å². The normalized spacial score (nSPS) is 10.6. The number of rotatable bonds is 1. The fraction of sp³-hybridized carbons (Fsp3) is 0.125. The van der Waals surface area contributed by atoms with Gasteiger partial charge < -0.3 is 0 Å². The van der Waals surface area contributed by atoms with E-state index in [2.05, 4.69) is 31.3 Å². The fourth-order valence-corrected chi connectivity index (χ4v) is 1.66. The van der Waals surface area contributed by atoms with Crippen molar-refractivity contribution in [3.8, 4) is 0 Å². The summed E-state index contributed by atoms with van der Waals surface area (Å²) in [6.45, 7) is 1.53. The van der Waals surface area contributed by atoms with Crippen LogP contribution in [0.4, 0.5) is 0 Å². The molecule has 13 heavy (non-hydrogen) atoms. The van der Waals surface area contributed by atoms with E-state index in [1.165, 1.54) is 6.92 Å². The van der Waals surface area contributed by atoms with Crippen LogP contribution in [-0.2, 0) is 0 Å². The van der Waals surface area contributed by atoms with Crippen LogP contribution in [0.2, 0.25) is 0 Å². The number of fused-ring (bicyclic) bond motifs is 1. The lowest BCUT2D eigenvalue weighted by atomic mass is 10.1. The molecule has 0 atom stereocenters. The zero-order chi connectivity index (χ0) is 9.42. The van der Waals surface area contributed by atoms with E-state index in [-0.39, 0.29) is 5.78 Å². The Labute approximate surface area is 82.5 Å². The molecule has 1 N–H and O–H groups in total. The maximum Gasteiger partial charge on any atom is 0.159 e. The summed E-state index contributed by atoms with van der Waals surface area (Å²) in [5, 5.41) is 10.2. The molecule has 2 aromatic rings. The van der Waals surface area contributed by atoms with Gasteiger partial charge in [0, 0.05) is 10.0 Å². The Morgan fingerprint density at radius 1 is 1.54 bits per heavy atom. The van der Waals surface area contributed by atoms with Crippen molar-refractivity contribution in [1.82, 2.24) is 15.4 Å². The topological polar surface area (TPSA) is 58.6 Å². The standard InChI is InChI=1S/C8H6BrN3O/c1-4(13)5-2-6(9)8-7(3-5)10-12-11-8/h2-3H,1H3,(H,10,11,12). The Bertz CT molecular complexity index is 477. The molecule has 1 heterocycles. The van der Waals surface area contributed by atoms with E-state index in [0.717, 1.165) is 15.5 Å². The monoisotopic (exact) mass is 239 g/mol. The van der Waals surface area contributed by atoms with Crippen LogP contribution in [0, 0.1) is 0 Å². The molecule has 2 rings (SSSR count). The van der Waals surface area contributed by atoms with Gasteiger partial charge in [0.15, 0.2) is 5.78 Å². The number of carbonyl (C=O) groups excluding carboxylic acids is 1. The minimum absolute atomic E-state index is 0.0252. The lowest BCUT2D eigenvalue weighted by Gasteiger charge is -1.96. The van der Waals surface area contributed by atoms with E-state index < -0.39 is 0 Å². The summed E-state index contributed by atoms with van der Waals surface area (Å²) in [5.41, 5.74) is 2.15. The molecular weight excluding hydrogens is 234 g/mol. The van der Waals surface area contributed by atoms with Gasteiger partial charge >= 0.3 is 0 Å². The number of nitrogens with zero attached hydrogens (tertiary/aromatic N) is 2. The maximum absolute atomic E-state index is 11.1. The Morgan fingerprint density at radius 2 is 2.31 bits per heavy atom. The van der Waals surface area contributed by atoms with Crippen LogP contribution in [0.3, 0.4) is 0 Å². The lowest BCUT2D eigenvalue weighted by Crippen LogP contribution is -1.91. The molecule has 66 valence electrons. The van der Waals surface area contributed by atoms with Crippen molar-refractivity contribution in [2.75, 3.05) is 0 Å². The van der Waals surface area contributed by atoms with Gasteiger partial charge in [-0.15, -0.1) is 5.10 Å². The summed E-state index contributed by atoms with van der Waals surface area (Å²) in [7, 11) is 0. The molecule has 0 saturated heterocycles. The molecular formula is C8H6BrN3O. The molecule has 4 nitrogen and oxygen atoms in total. The van der Waals surface area contributed by atoms with Crippen LogP contribution >= 0.6 is 15.9 Å². The second-order valence-electron chi connectivity index (χ2n) is 2.72. The molecule has 0 bridgehead atoms. The Balaban J connectivity index is 2.77. The number of H-pyrrole nitrogens is 1. The highest BCUT2D eigenvalue weighted by Gasteiger charge is 2.07. The first-order valence-corrected chi connectivity index (χ1v) is 4.49. The third-order valence-electron chi connectivity index (χ3n) is 1.79. The first kappa shape index (κ1) is 8.37. The maximum atomic E-state index is 11.1. The molecule has 0 spiro atoms. The van der Waals surface area contributed by atoms with Gasteiger partial charge in [-0.25, -0.2) is 0 Å². The molecule has 0 aliphatic rings. The van der Waals surface area contributed by atoms with Crippen LogP contribution < -0.4 is 0 Å². The number of hydrogen-bond acceptors (Lipinski definition) is 3. The summed E-state index contributed by atoms with van der Waals surface area (Å²) in [6, 6.07) is 3.48. The van der Waals surface area contributed by atoms with Gasteiger partial charge in [0.1, 0.15) is 5.52 Å². The van der Waals surface area contributed by atoms with Crippen molar-refractivity contribution in [2.24, 2.45) is 0 Å². The Kier molecular flexibility index (Phi) is 1.88. The highest BCUT2D eigenvalue weighted by atomic mass is 79.9. The van der Waals surface area contributed by atoms with Crippen LogP contribution in [0.15, 0.2) is 16.6 Å². The average molecular weight is 240 g/mol. The molecule has 0 fully saturated rings. The second kappa shape index (κ2) is 2.92. The van der Waals surface area contributed by atoms with Crippen LogP contribution in [-0.4, -0.2) is 21.2 Å². The van der Waals surface area contributed by atoms with Crippen molar-refractivity contribution >= 4 is 32.7 Å². The molecule has 0 unspecified atom stereocenters. The van der Waals surface area contributed by atoms with Crippen LogP contribution in [0.5, 0.6) is 0 Å². The van der Waals surface area contributed by atoms with Gasteiger partial charge in [-0.2, -0.15) is 0 Å². The number of aromatic amines is 1. The zero-order valence-electron chi connectivity index (χ0n) is 6.84. The van der Waals surface area contributed by atoms with Gasteiger partial charge in [-0.1, -0.05) is 5.21 Å². The SMILES string of the molecule is CC(=O)c1cc(Br)c2nn[nH]c2c1. The van der Waals surface area contributed by atoms with Crippen molar-refractivity contribution in [2.45, 2.75) is 6.92 Å². The predicted octanol–water partition coefficient (Wildman–Crippen LogP) is 1.92. The summed E-state index contributed by atoms with van der Waals surface area (Å²) in [5.74, 6) is 0.0252. The highest BCUT2D eigenvalue weighted by molar-refractivity contribution is 9.10. The average Bonchev–Trinajstić information content (AvgIpc) is 2.51. The van der Waals surface area contributed by atoms with Crippen LogP contribution in [0.1, 0.15) is 17.3 Å². The van der Waals surface area contributed by atoms with E-state index in [1.54, 1.807) is 12.1 Å². The highest BCUT2D eigenvalue weighted by Crippen LogP contribution is 2.22. The molecule has 1 aromatic carbocycles. The van der Waals surface area contributed by atoms with Gasteiger partial charge in [-0.05, 0) is 35.0 Å². The number of ketones is 1. The summed E-state index contributed by atoms with van der Waals surface area (Å²) in [4.78, 5) is 11.1. The number of Topliss-reactive ketones (excluding diaryl/α,β-unsaturated/α-hetero) is 1. The minimum Gasteiger partial charge on any atom is -0.295 e. The number of aromatic nitrogens is 3. The third-order valence-corrected chi connectivity index (χ3v) is 2.39. The van der Waals surface area contributed by atoms with Crippen molar-refractivity contribution in [3.63, 3.8) is 0 Å². The largest absolute Gasteiger partial charge is 0.295 e. The molecule has 0 aliphatic heterocycles. The number of nitrogens with one attached hydrogen (secondary N) is 1. The van der Waals surface area contributed by atoms with Crippen molar-refractivity contribution in [3.05, 3.63) is 22.2 Å². The predicted molar refractivity (Wildman–Crippen MR) is 51.6 cm³/mol. The van der Waals surface area contributed by atoms with Crippen molar-refractivity contribution in [1.29, 1.82) is 0 Å². The molecule has 1 aromatic heterocycles. The van der Waals surface area contributed by atoms with Gasteiger partial charge in [0.25, 0.3) is 0 Å². The molecule has 0 amide bonds. The van der Waals surface area contributed by atoms with E-state index in [9.17, 15) is 4.79 Å². The van der Waals surface area contributed by atoms with E-state index in [0.29, 0.717) is 5.56 Å². The summed E-state index contributed by atoms with van der Waals surface area (Å²) in [6.07, 6.45) is 0. The van der Waals surface area contributed by atoms with E-state index >= 15 is 0 Å². The van der Waals surface area contributed by atoms with Gasteiger partial charge in [0.2, 0.25) is 0 Å². The Morgan fingerprint density at radius 3 is 3.00 bits per heavy atom. The Hall–Kier alpha value is -1.23.